The molecule has 4 heteroatoms. The van der Waals surface area contributed by atoms with Crippen molar-refractivity contribution in [3.63, 3.8) is 0 Å². The van der Waals surface area contributed by atoms with Crippen molar-refractivity contribution in [3.05, 3.63) is 58.1 Å². The molecule has 0 spiro atoms. The van der Waals surface area contributed by atoms with Crippen LogP contribution in [-0.4, -0.2) is 12.0 Å². The monoisotopic (exact) mass is 375 g/mol. The molecule has 2 aromatic carbocycles. The lowest BCUT2D eigenvalue weighted by molar-refractivity contribution is -0.122. The molecule has 0 aliphatic rings. The van der Waals surface area contributed by atoms with E-state index in [0.717, 1.165) is 10.2 Å². The Bertz CT molecular complexity index is 680. The molecular weight excluding hydrogens is 354 g/mol. The van der Waals surface area contributed by atoms with Crippen LogP contribution in [-0.2, 0) is 4.79 Å². The number of amides is 1. The van der Waals surface area contributed by atoms with Gasteiger partial charge in [0.15, 0.2) is 6.10 Å². The summed E-state index contributed by atoms with van der Waals surface area (Å²) in [5, 5.41) is 2.85. The minimum atomic E-state index is -0.567. The van der Waals surface area contributed by atoms with Crippen molar-refractivity contribution in [2.45, 2.75) is 39.7 Å². The van der Waals surface area contributed by atoms with E-state index in [-0.39, 0.29) is 5.91 Å². The lowest BCUT2D eigenvalue weighted by Gasteiger charge is -2.17. The van der Waals surface area contributed by atoms with Crippen LogP contribution in [0.5, 0.6) is 5.75 Å². The number of carbonyl (C=O) groups excluding carboxylic acids is 1. The molecule has 23 heavy (non-hydrogen) atoms. The van der Waals surface area contributed by atoms with Crippen molar-refractivity contribution in [1.29, 1.82) is 0 Å². The first-order chi connectivity index (χ1) is 10.9. The molecule has 0 bridgehead atoms. The molecule has 3 nitrogen and oxygen atoms in total. The largest absolute Gasteiger partial charge is 0.481 e. The van der Waals surface area contributed by atoms with E-state index in [2.05, 4.69) is 48.1 Å². The molecule has 0 radical (unpaired) electrons. The standard InChI is InChI=1S/C19H22BrNO2/c1-12(2)18-10-9-17(11-13(18)3)23-14(4)19(22)21-16-7-5-15(20)6-8-16/h5-12,14H,1-4H3,(H,21,22). The van der Waals surface area contributed by atoms with Gasteiger partial charge in [-0.25, -0.2) is 0 Å². The lowest BCUT2D eigenvalue weighted by atomic mass is 9.98. The first kappa shape index (κ1) is 17.5. The summed E-state index contributed by atoms with van der Waals surface area (Å²) in [6.07, 6.45) is -0.567. The van der Waals surface area contributed by atoms with Crippen LogP contribution in [0, 0.1) is 6.92 Å². The molecule has 2 rings (SSSR count). The van der Waals surface area contributed by atoms with Gasteiger partial charge >= 0.3 is 0 Å². The van der Waals surface area contributed by atoms with Crippen LogP contribution in [0.25, 0.3) is 0 Å². The number of anilines is 1. The van der Waals surface area contributed by atoms with Crippen molar-refractivity contribution < 1.29 is 9.53 Å². The van der Waals surface area contributed by atoms with E-state index < -0.39 is 6.10 Å². The topological polar surface area (TPSA) is 38.3 Å². The summed E-state index contributed by atoms with van der Waals surface area (Å²) in [5.74, 6) is 1.02. The van der Waals surface area contributed by atoms with Gasteiger partial charge < -0.3 is 10.1 Å². The molecule has 0 aliphatic heterocycles. The molecule has 0 fully saturated rings. The average Bonchev–Trinajstić information content (AvgIpc) is 2.49. The molecule has 0 saturated carbocycles. The summed E-state index contributed by atoms with van der Waals surface area (Å²) in [5.41, 5.74) is 3.22. The van der Waals surface area contributed by atoms with Gasteiger partial charge in [0.1, 0.15) is 5.75 Å². The second kappa shape index (κ2) is 7.64. The third-order valence-electron chi connectivity index (χ3n) is 3.66. The summed E-state index contributed by atoms with van der Waals surface area (Å²) < 4.78 is 6.74. The van der Waals surface area contributed by atoms with E-state index in [9.17, 15) is 4.79 Å². The van der Waals surface area contributed by atoms with Crippen molar-refractivity contribution >= 4 is 27.5 Å². The Morgan fingerprint density at radius 1 is 1.09 bits per heavy atom. The number of aryl methyl sites for hydroxylation is 1. The fourth-order valence-corrected chi connectivity index (χ4v) is 2.67. The molecule has 1 atom stereocenters. The predicted molar refractivity (Wildman–Crippen MR) is 98.1 cm³/mol. The number of halogens is 1. The second-order valence-electron chi connectivity index (χ2n) is 5.93. The quantitative estimate of drug-likeness (QED) is 0.770. The normalized spacial score (nSPS) is 12.1. The number of rotatable bonds is 5. The van der Waals surface area contributed by atoms with Gasteiger partial charge in [-0.05, 0) is 67.3 Å². The number of carbonyl (C=O) groups is 1. The van der Waals surface area contributed by atoms with E-state index in [1.54, 1.807) is 6.92 Å². The Hall–Kier alpha value is -1.81. The Balaban J connectivity index is 2.00. The summed E-state index contributed by atoms with van der Waals surface area (Å²) in [6, 6.07) is 13.4. The lowest BCUT2D eigenvalue weighted by Crippen LogP contribution is -2.30. The number of hydrogen-bond donors (Lipinski definition) is 1. The summed E-state index contributed by atoms with van der Waals surface area (Å²) >= 11 is 3.37. The molecule has 1 unspecified atom stereocenters. The first-order valence-electron chi connectivity index (χ1n) is 7.70. The fourth-order valence-electron chi connectivity index (χ4n) is 2.40. The number of nitrogens with one attached hydrogen (secondary N) is 1. The van der Waals surface area contributed by atoms with Gasteiger partial charge in [0, 0.05) is 10.2 Å². The average molecular weight is 376 g/mol. The highest BCUT2D eigenvalue weighted by molar-refractivity contribution is 9.10. The van der Waals surface area contributed by atoms with Crippen LogP contribution in [0.4, 0.5) is 5.69 Å². The van der Waals surface area contributed by atoms with Crippen molar-refractivity contribution in [3.8, 4) is 5.75 Å². The van der Waals surface area contributed by atoms with Gasteiger partial charge in [-0.1, -0.05) is 35.8 Å². The first-order valence-corrected chi connectivity index (χ1v) is 8.49. The fraction of sp³-hybridized carbons (Fsp3) is 0.316. The Kier molecular flexibility index (Phi) is 5.83. The predicted octanol–water partition coefficient (Wildman–Crippen LogP) is 5.29. The van der Waals surface area contributed by atoms with Gasteiger partial charge in [0.25, 0.3) is 5.91 Å². The van der Waals surface area contributed by atoms with Gasteiger partial charge in [-0.15, -0.1) is 0 Å². The zero-order valence-electron chi connectivity index (χ0n) is 13.9. The third kappa shape index (κ3) is 4.83. The van der Waals surface area contributed by atoms with Crippen molar-refractivity contribution in [1.82, 2.24) is 0 Å². The van der Waals surface area contributed by atoms with Crippen LogP contribution in [0.2, 0.25) is 0 Å². The van der Waals surface area contributed by atoms with E-state index in [4.69, 9.17) is 4.74 Å². The highest BCUT2D eigenvalue weighted by Gasteiger charge is 2.15. The number of hydrogen-bond acceptors (Lipinski definition) is 2. The molecule has 1 amide bonds. The third-order valence-corrected chi connectivity index (χ3v) is 4.19. The van der Waals surface area contributed by atoms with E-state index in [1.165, 1.54) is 11.1 Å². The Morgan fingerprint density at radius 3 is 2.30 bits per heavy atom. The van der Waals surface area contributed by atoms with Crippen LogP contribution >= 0.6 is 15.9 Å². The summed E-state index contributed by atoms with van der Waals surface area (Å²) in [7, 11) is 0. The van der Waals surface area contributed by atoms with E-state index in [0.29, 0.717) is 11.7 Å². The maximum atomic E-state index is 12.2. The van der Waals surface area contributed by atoms with E-state index in [1.807, 2.05) is 36.4 Å². The molecule has 122 valence electrons. The summed E-state index contributed by atoms with van der Waals surface area (Å²) in [4.78, 5) is 12.2. The minimum absolute atomic E-state index is 0.169. The van der Waals surface area contributed by atoms with Gasteiger partial charge in [0.05, 0.1) is 0 Å². The number of benzene rings is 2. The van der Waals surface area contributed by atoms with Gasteiger partial charge in [-0.2, -0.15) is 0 Å². The highest BCUT2D eigenvalue weighted by atomic mass is 79.9. The maximum Gasteiger partial charge on any atom is 0.265 e. The smallest absolute Gasteiger partial charge is 0.265 e. The SMILES string of the molecule is Cc1cc(OC(C)C(=O)Nc2ccc(Br)cc2)ccc1C(C)C. The molecule has 0 aliphatic carbocycles. The Labute approximate surface area is 146 Å². The zero-order chi connectivity index (χ0) is 17.0. The molecular formula is C19H22BrNO2. The molecule has 2 aromatic rings. The van der Waals surface area contributed by atoms with Gasteiger partial charge in [-0.3, -0.25) is 4.79 Å². The number of ether oxygens (including phenoxy) is 1. The van der Waals surface area contributed by atoms with Crippen LogP contribution in [0.1, 0.15) is 37.8 Å². The minimum Gasteiger partial charge on any atom is -0.481 e. The van der Waals surface area contributed by atoms with Gasteiger partial charge in [0.2, 0.25) is 0 Å². The molecule has 0 heterocycles. The van der Waals surface area contributed by atoms with Crippen LogP contribution < -0.4 is 10.1 Å². The molecule has 0 saturated heterocycles. The highest BCUT2D eigenvalue weighted by Crippen LogP contribution is 2.24. The Morgan fingerprint density at radius 2 is 1.74 bits per heavy atom. The van der Waals surface area contributed by atoms with Crippen LogP contribution in [0.3, 0.4) is 0 Å². The van der Waals surface area contributed by atoms with Crippen molar-refractivity contribution in [2.24, 2.45) is 0 Å². The zero-order valence-corrected chi connectivity index (χ0v) is 15.5. The molecule has 0 aromatic heterocycles. The van der Waals surface area contributed by atoms with Crippen LogP contribution in [0.15, 0.2) is 46.9 Å². The summed E-state index contributed by atoms with van der Waals surface area (Å²) in [6.45, 7) is 8.14. The molecule has 1 N–H and O–H groups in total. The second-order valence-corrected chi connectivity index (χ2v) is 6.84. The maximum absolute atomic E-state index is 12.2. The van der Waals surface area contributed by atoms with E-state index >= 15 is 0 Å². The van der Waals surface area contributed by atoms with Crippen molar-refractivity contribution in [2.75, 3.05) is 5.32 Å².